The van der Waals surface area contributed by atoms with Gasteiger partial charge in [-0.05, 0) is 32.1 Å². The molecule has 0 heterocycles. The molecule has 1 aliphatic rings. The van der Waals surface area contributed by atoms with Crippen LogP contribution in [0.3, 0.4) is 0 Å². The van der Waals surface area contributed by atoms with Gasteiger partial charge < -0.3 is 4.74 Å². The maximum Gasteiger partial charge on any atom is 0.0690 e. The van der Waals surface area contributed by atoms with Crippen LogP contribution in [0.15, 0.2) is 12.2 Å². The molecule has 0 aromatic rings. The van der Waals surface area contributed by atoms with E-state index in [-0.39, 0.29) is 5.60 Å². The molecule has 2 unspecified atom stereocenters. The van der Waals surface area contributed by atoms with Crippen LogP contribution < -0.4 is 0 Å². The lowest BCUT2D eigenvalue weighted by atomic mass is 9.78. The van der Waals surface area contributed by atoms with Gasteiger partial charge in [-0.25, -0.2) is 0 Å². The van der Waals surface area contributed by atoms with E-state index in [1.54, 1.807) is 7.11 Å². The van der Waals surface area contributed by atoms with E-state index in [0.717, 1.165) is 12.3 Å². The first kappa shape index (κ1) is 8.79. The van der Waals surface area contributed by atoms with Gasteiger partial charge in [-0.2, -0.15) is 0 Å². The molecule has 2 atom stereocenters. The van der Waals surface area contributed by atoms with Crippen molar-refractivity contribution in [2.24, 2.45) is 5.92 Å². The molecule has 1 heteroatoms. The fraction of sp³-hybridized carbons (Fsp3) is 0.800. The van der Waals surface area contributed by atoms with E-state index < -0.39 is 0 Å². The fourth-order valence-electron chi connectivity index (χ4n) is 2.13. The highest BCUT2D eigenvalue weighted by molar-refractivity contribution is 5.06. The SMILES string of the molecule is C=C1CC(C)CC(C)(OC)C1. The van der Waals surface area contributed by atoms with Crippen molar-refractivity contribution in [1.82, 2.24) is 0 Å². The van der Waals surface area contributed by atoms with Crippen molar-refractivity contribution >= 4 is 0 Å². The normalized spacial score (nSPS) is 39.2. The number of hydrogen-bond donors (Lipinski definition) is 0. The van der Waals surface area contributed by atoms with Crippen molar-refractivity contribution in [3.05, 3.63) is 12.2 Å². The van der Waals surface area contributed by atoms with Crippen LogP contribution in [0.25, 0.3) is 0 Å². The zero-order chi connectivity index (χ0) is 8.48. The van der Waals surface area contributed by atoms with Crippen molar-refractivity contribution in [1.29, 1.82) is 0 Å². The van der Waals surface area contributed by atoms with Gasteiger partial charge in [0.25, 0.3) is 0 Å². The van der Waals surface area contributed by atoms with E-state index in [1.807, 2.05) is 0 Å². The first-order chi connectivity index (χ1) is 5.06. The van der Waals surface area contributed by atoms with Crippen molar-refractivity contribution in [2.75, 3.05) is 7.11 Å². The van der Waals surface area contributed by atoms with E-state index in [4.69, 9.17) is 4.74 Å². The summed E-state index contributed by atoms with van der Waals surface area (Å²) in [6.07, 6.45) is 3.38. The van der Waals surface area contributed by atoms with E-state index >= 15 is 0 Å². The summed E-state index contributed by atoms with van der Waals surface area (Å²) in [5.41, 5.74) is 1.41. The molecule has 0 spiro atoms. The molecule has 1 rings (SSSR count). The summed E-state index contributed by atoms with van der Waals surface area (Å²) >= 11 is 0. The standard InChI is InChI=1S/C10H18O/c1-8-5-9(2)7-10(3,6-8)11-4/h9H,1,5-7H2,2-4H3. The fourth-order valence-corrected chi connectivity index (χ4v) is 2.13. The van der Waals surface area contributed by atoms with Crippen LogP contribution in [0.4, 0.5) is 0 Å². The molecular formula is C10H18O. The third kappa shape index (κ3) is 2.06. The molecule has 64 valence electrons. The zero-order valence-corrected chi connectivity index (χ0v) is 7.81. The Kier molecular flexibility index (Phi) is 2.38. The maximum atomic E-state index is 5.46. The molecule has 0 N–H and O–H groups in total. The number of methoxy groups -OCH3 is 1. The van der Waals surface area contributed by atoms with Gasteiger partial charge in [0, 0.05) is 7.11 Å². The average molecular weight is 154 g/mol. The van der Waals surface area contributed by atoms with Crippen molar-refractivity contribution in [3.63, 3.8) is 0 Å². The van der Waals surface area contributed by atoms with E-state index in [0.29, 0.717) is 0 Å². The minimum Gasteiger partial charge on any atom is -0.378 e. The Morgan fingerprint density at radius 1 is 1.64 bits per heavy atom. The second kappa shape index (κ2) is 2.98. The minimum atomic E-state index is 0.0642. The Morgan fingerprint density at radius 3 is 2.73 bits per heavy atom. The predicted octanol–water partition coefficient (Wildman–Crippen LogP) is 2.77. The molecular weight excluding hydrogens is 136 g/mol. The van der Waals surface area contributed by atoms with Gasteiger partial charge >= 0.3 is 0 Å². The molecule has 1 saturated carbocycles. The summed E-state index contributed by atoms with van der Waals surface area (Å²) in [4.78, 5) is 0. The molecule has 11 heavy (non-hydrogen) atoms. The Balaban J connectivity index is 2.62. The maximum absolute atomic E-state index is 5.46. The second-order valence-corrected chi connectivity index (χ2v) is 4.09. The van der Waals surface area contributed by atoms with E-state index in [1.165, 1.54) is 18.4 Å². The molecule has 0 radical (unpaired) electrons. The molecule has 0 aliphatic heterocycles. The highest BCUT2D eigenvalue weighted by atomic mass is 16.5. The predicted molar refractivity (Wildman–Crippen MR) is 47.6 cm³/mol. The molecule has 1 aliphatic carbocycles. The number of hydrogen-bond acceptors (Lipinski definition) is 1. The number of ether oxygens (including phenoxy) is 1. The van der Waals surface area contributed by atoms with E-state index in [2.05, 4.69) is 20.4 Å². The zero-order valence-electron chi connectivity index (χ0n) is 7.81. The Morgan fingerprint density at radius 2 is 2.27 bits per heavy atom. The Hall–Kier alpha value is -0.300. The molecule has 0 aromatic carbocycles. The topological polar surface area (TPSA) is 9.23 Å². The third-order valence-electron chi connectivity index (χ3n) is 2.53. The third-order valence-corrected chi connectivity index (χ3v) is 2.53. The van der Waals surface area contributed by atoms with Gasteiger partial charge in [-0.15, -0.1) is 0 Å². The summed E-state index contributed by atoms with van der Waals surface area (Å²) in [7, 11) is 1.80. The molecule has 1 nitrogen and oxygen atoms in total. The second-order valence-electron chi connectivity index (χ2n) is 4.09. The van der Waals surface area contributed by atoms with Gasteiger partial charge in [0.2, 0.25) is 0 Å². The van der Waals surface area contributed by atoms with Crippen LogP contribution in [0, 0.1) is 5.92 Å². The van der Waals surface area contributed by atoms with Crippen molar-refractivity contribution in [2.45, 2.75) is 38.7 Å². The first-order valence-electron chi connectivity index (χ1n) is 4.27. The smallest absolute Gasteiger partial charge is 0.0690 e. The first-order valence-corrected chi connectivity index (χ1v) is 4.27. The lowest BCUT2D eigenvalue weighted by Crippen LogP contribution is -2.34. The largest absolute Gasteiger partial charge is 0.378 e. The van der Waals surface area contributed by atoms with Gasteiger partial charge in [0.05, 0.1) is 5.60 Å². The van der Waals surface area contributed by atoms with Crippen molar-refractivity contribution in [3.8, 4) is 0 Å². The van der Waals surface area contributed by atoms with Crippen LogP contribution in [0.2, 0.25) is 0 Å². The van der Waals surface area contributed by atoms with Crippen LogP contribution in [-0.4, -0.2) is 12.7 Å². The van der Waals surface area contributed by atoms with Crippen LogP contribution >= 0.6 is 0 Å². The van der Waals surface area contributed by atoms with Crippen LogP contribution in [0.5, 0.6) is 0 Å². The van der Waals surface area contributed by atoms with Crippen LogP contribution in [-0.2, 0) is 4.74 Å². The summed E-state index contributed by atoms with van der Waals surface area (Å²) in [6.45, 7) is 8.47. The van der Waals surface area contributed by atoms with Gasteiger partial charge in [-0.3, -0.25) is 0 Å². The molecule has 0 bridgehead atoms. The summed E-state index contributed by atoms with van der Waals surface area (Å²) < 4.78 is 5.46. The van der Waals surface area contributed by atoms with E-state index in [9.17, 15) is 0 Å². The Bertz CT molecular complexity index is 162. The lowest BCUT2D eigenvalue weighted by Gasteiger charge is -2.36. The highest BCUT2D eigenvalue weighted by Gasteiger charge is 2.31. The summed E-state index contributed by atoms with van der Waals surface area (Å²) in [6, 6.07) is 0. The van der Waals surface area contributed by atoms with Gasteiger partial charge in [0.1, 0.15) is 0 Å². The average Bonchev–Trinajstić information content (AvgIpc) is 1.84. The van der Waals surface area contributed by atoms with Crippen LogP contribution in [0.1, 0.15) is 33.1 Å². The molecule has 1 fully saturated rings. The summed E-state index contributed by atoms with van der Waals surface area (Å²) in [5, 5.41) is 0. The quantitative estimate of drug-likeness (QED) is 0.528. The lowest BCUT2D eigenvalue weighted by molar-refractivity contribution is -0.0226. The number of rotatable bonds is 1. The van der Waals surface area contributed by atoms with Crippen molar-refractivity contribution < 1.29 is 4.74 Å². The summed E-state index contributed by atoms with van der Waals surface area (Å²) in [5.74, 6) is 0.737. The molecule has 0 aromatic heterocycles. The highest BCUT2D eigenvalue weighted by Crippen LogP contribution is 2.36. The molecule has 0 amide bonds. The Labute approximate surface area is 69.4 Å². The van der Waals surface area contributed by atoms with Gasteiger partial charge in [0.15, 0.2) is 0 Å². The monoisotopic (exact) mass is 154 g/mol. The molecule has 0 saturated heterocycles. The van der Waals surface area contributed by atoms with Gasteiger partial charge in [-0.1, -0.05) is 19.1 Å². The minimum absolute atomic E-state index is 0.0642.